The maximum absolute atomic E-state index is 10.8. The molecular weight excluding hydrogens is 162 g/mol. The van der Waals surface area contributed by atoms with Gasteiger partial charge in [-0.2, -0.15) is 9.78 Å². The van der Waals surface area contributed by atoms with Gasteiger partial charge in [0.25, 0.3) is 0 Å². The summed E-state index contributed by atoms with van der Waals surface area (Å²) in [4.78, 5) is 21.3. The lowest BCUT2D eigenvalue weighted by atomic mass is 10.4. The van der Waals surface area contributed by atoms with Crippen molar-refractivity contribution >= 4 is 12.0 Å². The van der Waals surface area contributed by atoms with Gasteiger partial charge in [-0.05, 0) is 0 Å². The predicted molar refractivity (Wildman–Crippen MR) is 38.5 cm³/mol. The number of methoxy groups -OCH3 is 1. The van der Waals surface area contributed by atoms with E-state index < -0.39 is 12.0 Å². The third-order valence-corrected chi connectivity index (χ3v) is 1.23. The number of hydrogen-bond donors (Lipinski definition) is 1. The fraction of sp³-hybridized carbons (Fsp3) is 0.167. The zero-order valence-corrected chi connectivity index (χ0v) is 6.35. The minimum Gasteiger partial charge on any atom is -0.465 e. The van der Waals surface area contributed by atoms with E-state index in [1.165, 1.54) is 19.5 Å². The third-order valence-electron chi connectivity index (χ3n) is 1.23. The molecule has 0 fully saturated rings. The molecule has 0 saturated heterocycles. The number of aromatic nitrogens is 2. The first-order valence-corrected chi connectivity index (χ1v) is 3.08. The molecule has 0 bridgehead atoms. The molecule has 1 aromatic heterocycles. The topological polar surface area (TPSA) is 87.2 Å². The minimum absolute atomic E-state index is 0.191. The highest BCUT2D eigenvalue weighted by molar-refractivity contribution is 5.89. The lowest BCUT2D eigenvalue weighted by molar-refractivity contribution is 0.0601. The number of nitrogens with zero attached hydrogens (tertiary/aromatic N) is 2. The van der Waals surface area contributed by atoms with Crippen molar-refractivity contribution < 1.29 is 14.3 Å². The Labute approximate surface area is 67.9 Å². The molecule has 0 saturated carbocycles. The van der Waals surface area contributed by atoms with Gasteiger partial charge in [-0.1, -0.05) is 0 Å². The van der Waals surface area contributed by atoms with E-state index in [-0.39, 0.29) is 5.56 Å². The van der Waals surface area contributed by atoms with Gasteiger partial charge < -0.3 is 10.5 Å². The number of carbonyl (C=O) groups excluding carboxylic acids is 2. The molecule has 0 atom stereocenters. The molecule has 64 valence electrons. The summed E-state index contributed by atoms with van der Waals surface area (Å²) < 4.78 is 5.24. The molecule has 0 aliphatic heterocycles. The number of nitrogens with two attached hydrogens (primary N) is 1. The second-order valence-electron chi connectivity index (χ2n) is 2.00. The summed E-state index contributed by atoms with van der Waals surface area (Å²) in [7, 11) is 1.24. The standard InChI is InChI=1S/C6H7N3O3/c1-12-5(10)4-2-8-9(3-4)6(7)11/h2-3H,1H3,(H2,7,11). The average Bonchev–Trinajstić information content (AvgIpc) is 2.51. The van der Waals surface area contributed by atoms with Crippen LogP contribution in [0.15, 0.2) is 12.4 Å². The highest BCUT2D eigenvalue weighted by Crippen LogP contribution is 1.98. The van der Waals surface area contributed by atoms with Gasteiger partial charge in [-0.25, -0.2) is 9.59 Å². The zero-order chi connectivity index (χ0) is 9.14. The van der Waals surface area contributed by atoms with Crippen molar-refractivity contribution in [2.75, 3.05) is 7.11 Å². The predicted octanol–water partition coefficient (Wildman–Crippen LogP) is -0.404. The largest absolute Gasteiger partial charge is 0.465 e. The first-order valence-electron chi connectivity index (χ1n) is 3.08. The maximum Gasteiger partial charge on any atom is 0.341 e. The second-order valence-corrected chi connectivity index (χ2v) is 2.00. The lowest BCUT2D eigenvalue weighted by Gasteiger charge is -1.91. The number of ether oxygens (including phenoxy) is 1. The Hall–Kier alpha value is -1.85. The van der Waals surface area contributed by atoms with Crippen LogP contribution in [-0.4, -0.2) is 28.9 Å². The highest BCUT2D eigenvalue weighted by atomic mass is 16.5. The normalized spacial score (nSPS) is 9.42. The van der Waals surface area contributed by atoms with Crippen LogP contribution in [0.1, 0.15) is 10.4 Å². The Morgan fingerprint density at radius 3 is 2.75 bits per heavy atom. The van der Waals surface area contributed by atoms with E-state index in [9.17, 15) is 9.59 Å². The van der Waals surface area contributed by atoms with E-state index >= 15 is 0 Å². The van der Waals surface area contributed by atoms with Crippen molar-refractivity contribution in [3.05, 3.63) is 18.0 Å². The summed E-state index contributed by atoms with van der Waals surface area (Å²) >= 11 is 0. The van der Waals surface area contributed by atoms with Crippen LogP contribution in [-0.2, 0) is 4.74 Å². The van der Waals surface area contributed by atoms with E-state index in [1.807, 2.05) is 0 Å². The summed E-state index contributed by atoms with van der Waals surface area (Å²) in [5.41, 5.74) is 5.07. The number of primary amides is 1. The Balaban J connectivity index is 2.91. The second kappa shape index (κ2) is 3.04. The molecular formula is C6H7N3O3. The molecule has 0 spiro atoms. The van der Waals surface area contributed by atoms with Gasteiger partial charge in [0.1, 0.15) is 0 Å². The molecule has 0 aliphatic carbocycles. The van der Waals surface area contributed by atoms with Crippen LogP contribution >= 0.6 is 0 Å². The number of esters is 1. The first kappa shape index (κ1) is 8.25. The molecule has 1 heterocycles. The van der Waals surface area contributed by atoms with E-state index in [1.54, 1.807) is 0 Å². The minimum atomic E-state index is -0.745. The van der Waals surface area contributed by atoms with Gasteiger partial charge in [0.2, 0.25) is 0 Å². The SMILES string of the molecule is COC(=O)c1cnn(C(N)=O)c1. The molecule has 6 heteroatoms. The van der Waals surface area contributed by atoms with Gasteiger partial charge in [0.05, 0.1) is 25.1 Å². The molecule has 1 amide bonds. The van der Waals surface area contributed by atoms with Gasteiger partial charge >= 0.3 is 12.0 Å². The summed E-state index contributed by atoms with van der Waals surface area (Å²) in [5, 5.41) is 3.53. The van der Waals surface area contributed by atoms with Gasteiger partial charge in [0.15, 0.2) is 0 Å². The molecule has 0 unspecified atom stereocenters. The molecule has 1 rings (SSSR count). The van der Waals surface area contributed by atoms with Crippen molar-refractivity contribution in [3.8, 4) is 0 Å². The molecule has 1 aromatic rings. The Morgan fingerprint density at radius 2 is 2.33 bits per heavy atom. The summed E-state index contributed by atoms with van der Waals surface area (Å²) in [6.45, 7) is 0. The van der Waals surface area contributed by atoms with Gasteiger partial charge in [0, 0.05) is 0 Å². The smallest absolute Gasteiger partial charge is 0.341 e. The van der Waals surface area contributed by atoms with Crippen LogP contribution in [0.3, 0.4) is 0 Å². The lowest BCUT2D eigenvalue weighted by Crippen LogP contribution is -2.19. The Bertz CT molecular complexity index is 318. The first-order chi connectivity index (χ1) is 5.65. The number of hydrogen-bond acceptors (Lipinski definition) is 4. The van der Waals surface area contributed by atoms with Gasteiger partial charge in [-0.15, -0.1) is 0 Å². The zero-order valence-electron chi connectivity index (χ0n) is 6.35. The number of rotatable bonds is 1. The van der Waals surface area contributed by atoms with E-state index in [2.05, 4.69) is 9.84 Å². The van der Waals surface area contributed by atoms with E-state index in [0.717, 1.165) is 4.68 Å². The average molecular weight is 169 g/mol. The van der Waals surface area contributed by atoms with Crippen molar-refractivity contribution in [2.45, 2.75) is 0 Å². The van der Waals surface area contributed by atoms with E-state index in [0.29, 0.717) is 0 Å². The van der Waals surface area contributed by atoms with Crippen LogP contribution in [0.5, 0.6) is 0 Å². The van der Waals surface area contributed by atoms with Crippen molar-refractivity contribution in [1.29, 1.82) is 0 Å². The number of carbonyl (C=O) groups is 2. The van der Waals surface area contributed by atoms with Crippen LogP contribution in [0.25, 0.3) is 0 Å². The molecule has 6 nitrogen and oxygen atoms in total. The fourth-order valence-corrected chi connectivity index (χ4v) is 0.667. The molecule has 12 heavy (non-hydrogen) atoms. The third kappa shape index (κ3) is 1.42. The molecule has 0 aliphatic rings. The molecule has 0 radical (unpaired) electrons. The number of amides is 1. The van der Waals surface area contributed by atoms with Crippen LogP contribution in [0, 0.1) is 0 Å². The van der Waals surface area contributed by atoms with E-state index in [4.69, 9.17) is 5.73 Å². The van der Waals surface area contributed by atoms with Gasteiger partial charge in [-0.3, -0.25) is 0 Å². The summed E-state index contributed by atoms with van der Waals surface area (Å²) in [6.07, 6.45) is 2.41. The van der Waals surface area contributed by atoms with Crippen molar-refractivity contribution in [1.82, 2.24) is 9.78 Å². The fourth-order valence-electron chi connectivity index (χ4n) is 0.667. The molecule has 2 N–H and O–H groups in total. The van der Waals surface area contributed by atoms with Crippen molar-refractivity contribution in [3.63, 3.8) is 0 Å². The summed E-state index contributed by atoms with van der Waals surface area (Å²) in [5.74, 6) is -0.553. The monoisotopic (exact) mass is 169 g/mol. The van der Waals surface area contributed by atoms with Crippen molar-refractivity contribution in [2.24, 2.45) is 5.73 Å². The maximum atomic E-state index is 10.8. The van der Waals surface area contributed by atoms with Crippen LogP contribution < -0.4 is 5.73 Å². The quantitative estimate of drug-likeness (QED) is 0.579. The summed E-state index contributed by atoms with van der Waals surface area (Å²) in [6, 6.07) is -0.745. The highest BCUT2D eigenvalue weighted by Gasteiger charge is 2.09. The van der Waals surface area contributed by atoms with Crippen LogP contribution in [0.2, 0.25) is 0 Å². The van der Waals surface area contributed by atoms with Crippen LogP contribution in [0.4, 0.5) is 4.79 Å². The Morgan fingerprint density at radius 1 is 1.67 bits per heavy atom. The molecule has 0 aromatic carbocycles. The Kier molecular flexibility index (Phi) is 2.09.